The summed E-state index contributed by atoms with van der Waals surface area (Å²) >= 11 is 0. The van der Waals surface area contributed by atoms with Gasteiger partial charge in [-0.05, 0) is 25.3 Å². The Balaban J connectivity index is 2.57. The molecule has 1 fully saturated rings. The lowest BCUT2D eigenvalue weighted by molar-refractivity contribution is 0.0462. The molecule has 1 aliphatic rings. The Labute approximate surface area is 74.9 Å². The summed E-state index contributed by atoms with van der Waals surface area (Å²) in [4.78, 5) is 2.16. The Hall–Kier alpha value is -0.110. The van der Waals surface area contributed by atoms with Gasteiger partial charge in [0.1, 0.15) is 6.17 Å². The fourth-order valence-corrected chi connectivity index (χ4v) is 2.18. The fourth-order valence-electron chi connectivity index (χ4n) is 2.18. The molecule has 1 nitrogen and oxygen atoms in total. The van der Waals surface area contributed by atoms with Gasteiger partial charge in [0, 0.05) is 12.6 Å². The van der Waals surface area contributed by atoms with Crippen LogP contribution in [0.5, 0.6) is 0 Å². The van der Waals surface area contributed by atoms with E-state index in [0.717, 1.165) is 12.8 Å². The lowest BCUT2D eigenvalue weighted by Crippen LogP contribution is -2.48. The van der Waals surface area contributed by atoms with E-state index in [2.05, 4.69) is 25.7 Å². The van der Waals surface area contributed by atoms with E-state index in [1.165, 1.54) is 0 Å². The molecule has 0 aromatic rings. The van der Waals surface area contributed by atoms with Crippen molar-refractivity contribution in [3.63, 3.8) is 0 Å². The first-order valence-corrected chi connectivity index (χ1v) is 4.75. The number of halogens is 1. The normalized spacial score (nSPS) is 33.8. The van der Waals surface area contributed by atoms with Crippen LogP contribution < -0.4 is 0 Å². The smallest absolute Gasteiger partial charge is 0.113 e. The summed E-state index contributed by atoms with van der Waals surface area (Å²) in [5.74, 6) is 0. The van der Waals surface area contributed by atoms with Crippen LogP contribution in [-0.2, 0) is 0 Å². The Morgan fingerprint density at radius 1 is 1.25 bits per heavy atom. The van der Waals surface area contributed by atoms with Gasteiger partial charge in [-0.3, -0.25) is 0 Å². The predicted octanol–water partition coefficient (Wildman–Crippen LogP) is 2.46. The molecule has 1 saturated heterocycles. The van der Waals surface area contributed by atoms with Crippen LogP contribution in [0.25, 0.3) is 0 Å². The van der Waals surface area contributed by atoms with E-state index in [9.17, 15) is 4.39 Å². The second-order valence-corrected chi connectivity index (χ2v) is 5.00. The van der Waals surface area contributed by atoms with Gasteiger partial charge >= 0.3 is 0 Å². The van der Waals surface area contributed by atoms with Gasteiger partial charge < -0.3 is 4.90 Å². The summed E-state index contributed by atoms with van der Waals surface area (Å²) in [5.41, 5.74) is 0.287. The highest BCUT2D eigenvalue weighted by atomic mass is 19.1. The van der Waals surface area contributed by atoms with Gasteiger partial charge in [-0.15, -0.1) is 0 Å². The standard InChI is InChI=1S/C10H20FN/c1-10(2,3)9-6-5-8(11)7-12(9)4/h8-9H,5-7H2,1-4H3. The van der Waals surface area contributed by atoms with Crippen LogP contribution in [0.3, 0.4) is 0 Å². The number of hydrogen-bond donors (Lipinski definition) is 0. The highest BCUT2D eigenvalue weighted by Gasteiger charge is 2.33. The Morgan fingerprint density at radius 3 is 2.25 bits per heavy atom. The second kappa shape index (κ2) is 3.33. The molecular formula is C10H20FN. The molecule has 0 radical (unpaired) electrons. The molecule has 0 spiro atoms. The monoisotopic (exact) mass is 173 g/mol. The molecular weight excluding hydrogens is 153 g/mol. The Bertz CT molecular complexity index is 150. The molecule has 0 bridgehead atoms. The third kappa shape index (κ3) is 2.19. The molecule has 12 heavy (non-hydrogen) atoms. The number of likely N-dealkylation sites (tertiary alicyclic amines) is 1. The van der Waals surface area contributed by atoms with Gasteiger partial charge in [-0.2, -0.15) is 0 Å². The van der Waals surface area contributed by atoms with Crippen molar-refractivity contribution in [3.05, 3.63) is 0 Å². The minimum absolute atomic E-state index is 0.287. The lowest BCUT2D eigenvalue weighted by atomic mass is 9.81. The highest BCUT2D eigenvalue weighted by molar-refractivity contribution is 4.87. The van der Waals surface area contributed by atoms with Crippen molar-refractivity contribution in [2.24, 2.45) is 5.41 Å². The van der Waals surface area contributed by atoms with Crippen molar-refractivity contribution < 1.29 is 4.39 Å². The molecule has 0 N–H and O–H groups in total. The van der Waals surface area contributed by atoms with E-state index in [1.807, 2.05) is 7.05 Å². The molecule has 2 unspecified atom stereocenters. The fraction of sp³-hybridized carbons (Fsp3) is 1.00. The van der Waals surface area contributed by atoms with E-state index in [-0.39, 0.29) is 5.41 Å². The van der Waals surface area contributed by atoms with Crippen molar-refractivity contribution in [2.45, 2.75) is 45.8 Å². The maximum Gasteiger partial charge on any atom is 0.113 e. The van der Waals surface area contributed by atoms with Gasteiger partial charge in [0.15, 0.2) is 0 Å². The van der Waals surface area contributed by atoms with Crippen molar-refractivity contribution in [1.29, 1.82) is 0 Å². The zero-order chi connectivity index (χ0) is 9.35. The summed E-state index contributed by atoms with van der Waals surface area (Å²) in [7, 11) is 2.03. The number of hydrogen-bond acceptors (Lipinski definition) is 1. The molecule has 2 atom stereocenters. The molecule has 0 aromatic heterocycles. The summed E-state index contributed by atoms with van der Waals surface area (Å²) in [6, 6.07) is 0.546. The number of piperidine rings is 1. The first-order valence-electron chi connectivity index (χ1n) is 4.75. The van der Waals surface area contributed by atoms with Gasteiger partial charge in [0.05, 0.1) is 0 Å². The van der Waals surface area contributed by atoms with E-state index < -0.39 is 6.17 Å². The van der Waals surface area contributed by atoms with Crippen LogP contribution in [0, 0.1) is 5.41 Å². The zero-order valence-electron chi connectivity index (χ0n) is 8.60. The minimum atomic E-state index is -0.603. The van der Waals surface area contributed by atoms with Gasteiger partial charge in [-0.1, -0.05) is 20.8 Å². The largest absolute Gasteiger partial charge is 0.300 e. The first kappa shape index (κ1) is 9.97. The number of nitrogens with zero attached hydrogens (tertiary/aromatic N) is 1. The van der Waals surface area contributed by atoms with Crippen molar-refractivity contribution in [1.82, 2.24) is 4.90 Å². The minimum Gasteiger partial charge on any atom is -0.300 e. The highest BCUT2D eigenvalue weighted by Crippen LogP contribution is 2.31. The average Bonchev–Trinajstić information content (AvgIpc) is 1.83. The number of rotatable bonds is 0. The molecule has 1 heterocycles. The van der Waals surface area contributed by atoms with Crippen LogP contribution in [0.1, 0.15) is 33.6 Å². The van der Waals surface area contributed by atoms with Crippen molar-refractivity contribution in [3.8, 4) is 0 Å². The van der Waals surface area contributed by atoms with E-state index in [1.54, 1.807) is 0 Å². The SMILES string of the molecule is CN1CC(F)CCC1C(C)(C)C. The van der Waals surface area contributed by atoms with Crippen LogP contribution in [0.4, 0.5) is 4.39 Å². The van der Waals surface area contributed by atoms with E-state index in [0.29, 0.717) is 12.6 Å². The van der Waals surface area contributed by atoms with E-state index >= 15 is 0 Å². The molecule has 0 amide bonds. The Kier molecular flexibility index (Phi) is 2.77. The lowest BCUT2D eigenvalue weighted by Gasteiger charge is -2.42. The third-order valence-electron chi connectivity index (χ3n) is 2.77. The Morgan fingerprint density at radius 2 is 1.83 bits per heavy atom. The molecule has 0 aromatic carbocycles. The first-order chi connectivity index (χ1) is 5.41. The quantitative estimate of drug-likeness (QED) is 0.544. The molecule has 72 valence electrons. The molecule has 0 aliphatic carbocycles. The second-order valence-electron chi connectivity index (χ2n) is 5.00. The molecule has 2 heteroatoms. The summed E-state index contributed by atoms with van der Waals surface area (Å²) in [5, 5.41) is 0. The maximum absolute atomic E-state index is 13.0. The van der Waals surface area contributed by atoms with Crippen molar-refractivity contribution in [2.75, 3.05) is 13.6 Å². The maximum atomic E-state index is 13.0. The van der Waals surface area contributed by atoms with Gasteiger partial charge in [0.2, 0.25) is 0 Å². The topological polar surface area (TPSA) is 3.24 Å². The van der Waals surface area contributed by atoms with Gasteiger partial charge in [-0.25, -0.2) is 4.39 Å². The average molecular weight is 173 g/mol. The van der Waals surface area contributed by atoms with Gasteiger partial charge in [0.25, 0.3) is 0 Å². The summed E-state index contributed by atoms with van der Waals surface area (Å²) in [6.45, 7) is 7.30. The van der Waals surface area contributed by atoms with Crippen LogP contribution in [-0.4, -0.2) is 30.7 Å². The van der Waals surface area contributed by atoms with E-state index in [4.69, 9.17) is 0 Å². The molecule has 1 rings (SSSR count). The van der Waals surface area contributed by atoms with Crippen molar-refractivity contribution >= 4 is 0 Å². The summed E-state index contributed by atoms with van der Waals surface area (Å²) in [6.07, 6.45) is 1.14. The zero-order valence-corrected chi connectivity index (χ0v) is 8.60. The van der Waals surface area contributed by atoms with Crippen LogP contribution >= 0.6 is 0 Å². The third-order valence-corrected chi connectivity index (χ3v) is 2.77. The summed E-state index contributed by atoms with van der Waals surface area (Å²) < 4.78 is 13.0. The van der Waals surface area contributed by atoms with Crippen LogP contribution in [0.2, 0.25) is 0 Å². The molecule has 0 saturated carbocycles. The van der Waals surface area contributed by atoms with Crippen LogP contribution in [0.15, 0.2) is 0 Å². The molecule has 1 aliphatic heterocycles. The number of alkyl halides is 1. The predicted molar refractivity (Wildman–Crippen MR) is 50.0 cm³/mol.